The molecule has 2 aromatic rings. The van der Waals surface area contributed by atoms with Crippen LogP contribution in [0.15, 0.2) is 30.6 Å². The molecule has 0 aliphatic rings. The molecular formula is C15H20FN3. The van der Waals surface area contributed by atoms with Crippen LogP contribution in [0, 0.1) is 12.7 Å². The van der Waals surface area contributed by atoms with Crippen molar-refractivity contribution in [2.75, 3.05) is 7.05 Å². The lowest BCUT2D eigenvalue weighted by molar-refractivity contribution is 0.575. The van der Waals surface area contributed by atoms with E-state index in [4.69, 9.17) is 0 Å². The van der Waals surface area contributed by atoms with Gasteiger partial charge in [0.1, 0.15) is 5.82 Å². The molecule has 1 aromatic heterocycles. The third-order valence-corrected chi connectivity index (χ3v) is 3.46. The van der Waals surface area contributed by atoms with E-state index in [1.165, 1.54) is 11.6 Å². The van der Waals surface area contributed by atoms with E-state index in [1.54, 1.807) is 12.1 Å². The van der Waals surface area contributed by atoms with Gasteiger partial charge < -0.3 is 5.32 Å². The summed E-state index contributed by atoms with van der Waals surface area (Å²) in [6, 6.07) is 5.19. The average molecular weight is 261 g/mol. The molecule has 0 aliphatic heterocycles. The summed E-state index contributed by atoms with van der Waals surface area (Å²) >= 11 is 0. The molecule has 102 valence electrons. The Labute approximate surface area is 113 Å². The zero-order chi connectivity index (χ0) is 13.8. The van der Waals surface area contributed by atoms with Crippen molar-refractivity contribution in [3.05, 3.63) is 53.1 Å². The van der Waals surface area contributed by atoms with E-state index in [-0.39, 0.29) is 5.82 Å². The van der Waals surface area contributed by atoms with Gasteiger partial charge in [-0.05, 0) is 43.7 Å². The van der Waals surface area contributed by atoms with E-state index < -0.39 is 0 Å². The summed E-state index contributed by atoms with van der Waals surface area (Å²) in [4.78, 5) is 0. The first kappa shape index (κ1) is 13.7. The minimum Gasteiger partial charge on any atom is -0.313 e. The Morgan fingerprint density at radius 2 is 2.21 bits per heavy atom. The third kappa shape index (κ3) is 3.20. The van der Waals surface area contributed by atoms with Crippen LogP contribution in [0.3, 0.4) is 0 Å². The van der Waals surface area contributed by atoms with Gasteiger partial charge in [0, 0.05) is 17.8 Å². The maximum absolute atomic E-state index is 13.3. The molecule has 0 radical (unpaired) electrons. The molecule has 0 saturated heterocycles. The largest absolute Gasteiger partial charge is 0.313 e. The zero-order valence-corrected chi connectivity index (χ0v) is 11.7. The van der Waals surface area contributed by atoms with E-state index in [1.807, 2.05) is 31.0 Å². The van der Waals surface area contributed by atoms with Gasteiger partial charge in [-0.3, -0.25) is 4.68 Å². The van der Waals surface area contributed by atoms with Crippen molar-refractivity contribution in [2.24, 2.45) is 0 Å². The highest BCUT2D eigenvalue weighted by atomic mass is 19.1. The number of halogens is 1. The summed E-state index contributed by atoms with van der Waals surface area (Å²) in [5.41, 5.74) is 3.21. The topological polar surface area (TPSA) is 29.9 Å². The minimum atomic E-state index is -0.199. The Balaban J connectivity index is 2.18. The Morgan fingerprint density at radius 1 is 1.42 bits per heavy atom. The molecule has 0 amide bonds. The van der Waals surface area contributed by atoms with Crippen LogP contribution in [0.1, 0.15) is 36.1 Å². The van der Waals surface area contributed by atoms with Gasteiger partial charge in [-0.15, -0.1) is 0 Å². The monoisotopic (exact) mass is 261 g/mol. The molecule has 1 N–H and O–H groups in total. The van der Waals surface area contributed by atoms with Crippen molar-refractivity contribution in [2.45, 2.75) is 32.9 Å². The molecule has 0 fully saturated rings. The fourth-order valence-corrected chi connectivity index (χ4v) is 2.24. The average Bonchev–Trinajstić information content (AvgIpc) is 2.84. The second-order valence-electron chi connectivity index (χ2n) is 4.79. The third-order valence-electron chi connectivity index (χ3n) is 3.46. The van der Waals surface area contributed by atoms with Crippen LogP contribution in [0.2, 0.25) is 0 Å². The highest BCUT2D eigenvalue weighted by Crippen LogP contribution is 2.16. The number of hydrogen-bond acceptors (Lipinski definition) is 2. The van der Waals surface area contributed by atoms with Crippen LogP contribution in [0.25, 0.3) is 0 Å². The van der Waals surface area contributed by atoms with Crippen molar-refractivity contribution in [1.82, 2.24) is 15.1 Å². The van der Waals surface area contributed by atoms with Gasteiger partial charge in [0.2, 0.25) is 0 Å². The number of aromatic nitrogens is 2. The van der Waals surface area contributed by atoms with Crippen molar-refractivity contribution in [3.63, 3.8) is 0 Å². The van der Waals surface area contributed by atoms with Gasteiger partial charge in [-0.1, -0.05) is 13.0 Å². The molecule has 3 nitrogen and oxygen atoms in total. The van der Waals surface area contributed by atoms with E-state index in [9.17, 15) is 4.39 Å². The van der Waals surface area contributed by atoms with Crippen molar-refractivity contribution in [3.8, 4) is 0 Å². The molecule has 19 heavy (non-hydrogen) atoms. The molecule has 0 spiro atoms. The second kappa shape index (κ2) is 5.97. The lowest BCUT2D eigenvalue weighted by atomic mass is 10.1. The van der Waals surface area contributed by atoms with Gasteiger partial charge in [0.25, 0.3) is 0 Å². The fraction of sp³-hybridized carbons (Fsp3) is 0.400. The van der Waals surface area contributed by atoms with Crippen LogP contribution in [0.5, 0.6) is 0 Å². The maximum atomic E-state index is 13.3. The predicted molar refractivity (Wildman–Crippen MR) is 74.6 cm³/mol. The van der Waals surface area contributed by atoms with E-state index in [0.717, 1.165) is 17.5 Å². The molecule has 0 aliphatic carbocycles. The van der Waals surface area contributed by atoms with Crippen molar-refractivity contribution >= 4 is 0 Å². The molecule has 1 unspecified atom stereocenters. The molecule has 1 atom stereocenters. The smallest absolute Gasteiger partial charge is 0.123 e. The summed E-state index contributed by atoms with van der Waals surface area (Å²) in [7, 11) is 1.95. The van der Waals surface area contributed by atoms with Crippen LogP contribution in [-0.4, -0.2) is 16.8 Å². The summed E-state index contributed by atoms with van der Waals surface area (Å²) in [5, 5.41) is 7.61. The van der Waals surface area contributed by atoms with Crippen LogP contribution in [0.4, 0.5) is 4.39 Å². The molecule has 1 aromatic carbocycles. The molecular weight excluding hydrogens is 241 g/mol. The fourth-order valence-electron chi connectivity index (χ4n) is 2.24. The van der Waals surface area contributed by atoms with Crippen LogP contribution in [-0.2, 0) is 6.54 Å². The van der Waals surface area contributed by atoms with Crippen molar-refractivity contribution in [1.29, 1.82) is 0 Å². The number of benzene rings is 1. The highest BCUT2D eigenvalue weighted by molar-refractivity contribution is 5.27. The Hall–Kier alpha value is -1.68. The lowest BCUT2D eigenvalue weighted by Gasteiger charge is -2.10. The quantitative estimate of drug-likeness (QED) is 0.896. The Bertz CT molecular complexity index is 544. The lowest BCUT2D eigenvalue weighted by Crippen LogP contribution is -2.14. The first-order valence-corrected chi connectivity index (χ1v) is 6.58. The summed E-state index contributed by atoms with van der Waals surface area (Å²) in [5.74, 6) is -0.199. The highest BCUT2D eigenvalue weighted by Gasteiger charge is 2.09. The van der Waals surface area contributed by atoms with Crippen LogP contribution >= 0.6 is 0 Å². The van der Waals surface area contributed by atoms with E-state index in [0.29, 0.717) is 12.6 Å². The number of hydrogen-bond donors (Lipinski definition) is 1. The first-order chi connectivity index (χ1) is 9.13. The Kier molecular flexibility index (Phi) is 4.32. The SMILES string of the molecule is CCC(NC)c1cnn(Cc2cc(F)ccc2C)c1. The number of rotatable bonds is 5. The molecule has 4 heteroatoms. The van der Waals surface area contributed by atoms with E-state index in [2.05, 4.69) is 17.3 Å². The summed E-state index contributed by atoms with van der Waals surface area (Å²) in [6.07, 6.45) is 4.91. The van der Waals surface area contributed by atoms with Gasteiger partial charge >= 0.3 is 0 Å². The maximum Gasteiger partial charge on any atom is 0.123 e. The van der Waals surface area contributed by atoms with Crippen LogP contribution < -0.4 is 5.32 Å². The molecule has 2 rings (SSSR count). The first-order valence-electron chi connectivity index (χ1n) is 6.58. The second-order valence-corrected chi connectivity index (χ2v) is 4.79. The molecule has 1 heterocycles. The number of nitrogens with zero attached hydrogens (tertiary/aromatic N) is 2. The number of nitrogens with one attached hydrogen (secondary N) is 1. The Morgan fingerprint density at radius 3 is 2.89 bits per heavy atom. The van der Waals surface area contributed by atoms with E-state index >= 15 is 0 Å². The molecule has 0 saturated carbocycles. The number of aryl methyl sites for hydroxylation is 1. The van der Waals surface area contributed by atoms with Gasteiger partial charge in [0.05, 0.1) is 12.7 Å². The minimum absolute atomic E-state index is 0.199. The summed E-state index contributed by atoms with van der Waals surface area (Å²) < 4.78 is 15.1. The predicted octanol–water partition coefficient (Wildman–Crippen LogP) is 3.05. The standard InChI is InChI=1S/C15H20FN3/c1-4-15(17-3)13-8-18-19(10-13)9-12-7-14(16)6-5-11(12)2/h5-8,10,15,17H,4,9H2,1-3H3. The van der Waals surface area contributed by atoms with Gasteiger partial charge in [0.15, 0.2) is 0 Å². The normalized spacial score (nSPS) is 12.6. The van der Waals surface area contributed by atoms with Crippen molar-refractivity contribution < 1.29 is 4.39 Å². The van der Waals surface area contributed by atoms with Gasteiger partial charge in [-0.2, -0.15) is 5.10 Å². The summed E-state index contributed by atoms with van der Waals surface area (Å²) in [6.45, 7) is 4.72. The van der Waals surface area contributed by atoms with Gasteiger partial charge in [-0.25, -0.2) is 4.39 Å². The molecule has 0 bridgehead atoms. The zero-order valence-electron chi connectivity index (χ0n) is 11.7.